The third-order valence-corrected chi connectivity index (χ3v) is 4.68. The van der Waals surface area contributed by atoms with Crippen molar-refractivity contribution in [3.05, 3.63) is 69.8 Å². The summed E-state index contributed by atoms with van der Waals surface area (Å²) in [5.74, 6) is 1.31. The molecule has 1 N–H and O–H groups in total. The van der Waals surface area contributed by atoms with Crippen molar-refractivity contribution in [2.24, 2.45) is 5.10 Å². The normalized spacial score (nSPS) is 10.8. The maximum atomic E-state index is 11.8. The first-order chi connectivity index (χ1) is 13.6. The number of hydrogen-bond donors (Lipinski definition) is 1. The van der Waals surface area contributed by atoms with Gasteiger partial charge in [-0.3, -0.25) is 14.9 Å². The third-order valence-electron chi connectivity index (χ3n) is 3.67. The lowest BCUT2D eigenvalue weighted by Crippen LogP contribution is -2.19. The summed E-state index contributed by atoms with van der Waals surface area (Å²) in [7, 11) is 0. The number of nitro groups is 1. The Morgan fingerprint density at radius 3 is 2.79 bits per heavy atom. The number of unbranched alkanes of at least 4 members (excludes halogenated alkanes) is 1. The van der Waals surface area contributed by atoms with Gasteiger partial charge in [-0.05, 0) is 41.8 Å². The summed E-state index contributed by atoms with van der Waals surface area (Å²) >= 11 is 1.37. The summed E-state index contributed by atoms with van der Waals surface area (Å²) in [4.78, 5) is 22.2. The summed E-state index contributed by atoms with van der Waals surface area (Å²) in [5.41, 5.74) is 4.18. The number of amides is 1. The third kappa shape index (κ3) is 7.79. The van der Waals surface area contributed by atoms with Gasteiger partial charge in [-0.15, -0.1) is 11.8 Å². The first kappa shape index (κ1) is 21.4. The fourth-order valence-corrected chi connectivity index (χ4v) is 2.98. The Kier molecular flexibility index (Phi) is 9.00. The second-order valence-corrected chi connectivity index (χ2v) is 6.97. The van der Waals surface area contributed by atoms with E-state index in [9.17, 15) is 14.9 Å². The quantitative estimate of drug-likeness (QED) is 0.264. The largest absolute Gasteiger partial charge is 0.494 e. The molecule has 0 saturated heterocycles. The van der Waals surface area contributed by atoms with Gasteiger partial charge in [-0.25, -0.2) is 5.43 Å². The number of nitro benzene ring substituents is 1. The number of nitrogens with one attached hydrogen (secondary N) is 1. The summed E-state index contributed by atoms with van der Waals surface area (Å²) in [5, 5.41) is 14.7. The van der Waals surface area contributed by atoms with Crippen LogP contribution in [-0.4, -0.2) is 29.4 Å². The second kappa shape index (κ2) is 11.8. The van der Waals surface area contributed by atoms with E-state index in [0.717, 1.165) is 29.7 Å². The fraction of sp³-hybridized carbons (Fsp3) is 0.300. The van der Waals surface area contributed by atoms with Gasteiger partial charge in [0.05, 0.1) is 23.5 Å². The molecule has 0 radical (unpaired) electrons. The average molecular weight is 401 g/mol. The van der Waals surface area contributed by atoms with Crippen LogP contribution < -0.4 is 10.2 Å². The molecule has 2 rings (SSSR count). The molecule has 8 heteroatoms. The van der Waals surface area contributed by atoms with Crippen LogP contribution in [0.2, 0.25) is 0 Å². The van der Waals surface area contributed by atoms with Crippen LogP contribution in [0.4, 0.5) is 5.69 Å². The zero-order valence-corrected chi connectivity index (χ0v) is 16.5. The zero-order valence-electron chi connectivity index (χ0n) is 15.7. The molecule has 0 heterocycles. The van der Waals surface area contributed by atoms with Crippen LogP contribution >= 0.6 is 11.8 Å². The average Bonchev–Trinajstić information content (AvgIpc) is 2.69. The number of thioether (sulfide) groups is 1. The van der Waals surface area contributed by atoms with E-state index >= 15 is 0 Å². The first-order valence-electron chi connectivity index (χ1n) is 8.94. The summed E-state index contributed by atoms with van der Waals surface area (Å²) in [6.45, 7) is 2.82. The van der Waals surface area contributed by atoms with E-state index in [1.165, 1.54) is 23.9 Å². The van der Waals surface area contributed by atoms with Gasteiger partial charge in [0, 0.05) is 17.9 Å². The Morgan fingerprint density at radius 1 is 1.29 bits per heavy atom. The number of benzene rings is 2. The molecule has 0 spiro atoms. The van der Waals surface area contributed by atoms with Crippen molar-refractivity contribution in [1.82, 2.24) is 5.43 Å². The van der Waals surface area contributed by atoms with Gasteiger partial charge in [-0.1, -0.05) is 25.5 Å². The van der Waals surface area contributed by atoms with E-state index in [4.69, 9.17) is 4.74 Å². The number of rotatable bonds is 11. The number of carbonyl (C=O) groups is 1. The highest BCUT2D eigenvalue weighted by Gasteiger charge is 2.06. The minimum atomic E-state index is -0.431. The smallest absolute Gasteiger partial charge is 0.269 e. The number of ether oxygens (including phenoxy) is 1. The van der Waals surface area contributed by atoms with Gasteiger partial charge in [0.2, 0.25) is 5.91 Å². The highest BCUT2D eigenvalue weighted by molar-refractivity contribution is 7.99. The lowest BCUT2D eigenvalue weighted by Gasteiger charge is -2.05. The van der Waals surface area contributed by atoms with Gasteiger partial charge in [0.15, 0.2) is 0 Å². The van der Waals surface area contributed by atoms with E-state index in [1.54, 1.807) is 18.3 Å². The summed E-state index contributed by atoms with van der Waals surface area (Å²) in [6.07, 6.45) is 3.68. The molecule has 0 saturated carbocycles. The molecule has 2 aromatic carbocycles. The van der Waals surface area contributed by atoms with Gasteiger partial charge < -0.3 is 4.74 Å². The molecule has 2 aromatic rings. The van der Waals surface area contributed by atoms with Crippen LogP contribution in [0.5, 0.6) is 5.75 Å². The fourth-order valence-electron chi connectivity index (χ4n) is 2.22. The van der Waals surface area contributed by atoms with Crippen LogP contribution in [-0.2, 0) is 10.5 Å². The van der Waals surface area contributed by atoms with Crippen LogP contribution in [0.15, 0.2) is 53.6 Å². The zero-order chi connectivity index (χ0) is 20.2. The maximum Gasteiger partial charge on any atom is 0.269 e. The lowest BCUT2D eigenvalue weighted by atomic mass is 10.2. The van der Waals surface area contributed by atoms with Crippen molar-refractivity contribution in [3.8, 4) is 5.75 Å². The number of non-ortho nitro benzene ring substituents is 1. The second-order valence-electron chi connectivity index (χ2n) is 5.98. The number of carbonyl (C=O) groups excluding carboxylic acids is 1. The number of nitrogens with zero attached hydrogens (tertiary/aromatic N) is 2. The Bertz CT molecular complexity index is 809. The topological polar surface area (TPSA) is 93.8 Å². The van der Waals surface area contributed by atoms with Crippen molar-refractivity contribution >= 4 is 29.6 Å². The predicted octanol–water partition coefficient (Wildman–Crippen LogP) is 4.16. The van der Waals surface area contributed by atoms with E-state index in [-0.39, 0.29) is 17.3 Å². The minimum absolute atomic E-state index is 0.0499. The maximum absolute atomic E-state index is 11.8. The molecule has 1 amide bonds. The molecule has 28 heavy (non-hydrogen) atoms. The van der Waals surface area contributed by atoms with Crippen LogP contribution in [0.25, 0.3) is 0 Å². The molecule has 0 aromatic heterocycles. The standard InChI is InChI=1S/C20H23N3O4S/c1-2-3-11-27-19-9-7-16(8-10-19)13-21-22-20(24)15-28-14-17-5-4-6-18(12-17)23(25)26/h4-10,12-13H,2-3,11,14-15H2,1H3,(H,22,24)/b21-13-. The summed E-state index contributed by atoms with van der Waals surface area (Å²) < 4.78 is 5.59. The van der Waals surface area contributed by atoms with Crippen molar-refractivity contribution in [2.75, 3.05) is 12.4 Å². The molecule has 0 bridgehead atoms. The molecule has 7 nitrogen and oxygen atoms in total. The Hall–Kier alpha value is -2.87. The van der Waals surface area contributed by atoms with Gasteiger partial charge in [0.1, 0.15) is 5.75 Å². The molecule has 0 fully saturated rings. The highest BCUT2D eigenvalue weighted by Crippen LogP contribution is 2.18. The highest BCUT2D eigenvalue weighted by atomic mass is 32.2. The SMILES string of the molecule is CCCCOc1ccc(/C=N\NC(=O)CSCc2cccc([N+](=O)[O-])c2)cc1. The van der Waals surface area contributed by atoms with Gasteiger partial charge in [0.25, 0.3) is 5.69 Å². The Morgan fingerprint density at radius 2 is 2.07 bits per heavy atom. The molecule has 148 valence electrons. The van der Waals surface area contributed by atoms with Gasteiger partial charge in [-0.2, -0.15) is 5.10 Å². The molecule has 0 aliphatic carbocycles. The molecular formula is C20H23N3O4S. The molecule has 0 unspecified atom stereocenters. The first-order valence-corrected chi connectivity index (χ1v) is 10.1. The van der Waals surface area contributed by atoms with Crippen molar-refractivity contribution < 1.29 is 14.5 Å². The molecular weight excluding hydrogens is 378 g/mol. The summed E-state index contributed by atoms with van der Waals surface area (Å²) in [6, 6.07) is 13.9. The minimum Gasteiger partial charge on any atom is -0.494 e. The van der Waals surface area contributed by atoms with E-state index in [1.807, 2.05) is 24.3 Å². The van der Waals surface area contributed by atoms with Crippen molar-refractivity contribution in [2.45, 2.75) is 25.5 Å². The van der Waals surface area contributed by atoms with Crippen molar-refractivity contribution in [1.29, 1.82) is 0 Å². The van der Waals surface area contributed by atoms with Crippen LogP contribution in [0.1, 0.15) is 30.9 Å². The number of hydrazone groups is 1. The van der Waals surface area contributed by atoms with Gasteiger partial charge >= 0.3 is 0 Å². The van der Waals surface area contributed by atoms with E-state index in [0.29, 0.717) is 12.4 Å². The van der Waals surface area contributed by atoms with Crippen LogP contribution in [0.3, 0.4) is 0 Å². The molecule has 0 atom stereocenters. The van der Waals surface area contributed by atoms with E-state index in [2.05, 4.69) is 17.5 Å². The Balaban J connectivity index is 1.70. The number of hydrogen-bond acceptors (Lipinski definition) is 6. The molecule has 0 aliphatic heterocycles. The lowest BCUT2D eigenvalue weighted by molar-refractivity contribution is -0.384. The van der Waals surface area contributed by atoms with Crippen molar-refractivity contribution in [3.63, 3.8) is 0 Å². The monoisotopic (exact) mass is 401 g/mol. The van der Waals surface area contributed by atoms with E-state index < -0.39 is 4.92 Å². The molecule has 0 aliphatic rings. The van der Waals surface area contributed by atoms with Crippen LogP contribution in [0, 0.1) is 10.1 Å². The Labute approximate surface area is 168 Å². The predicted molar refractivity (Wildman–Crippen MR) is 112 cm³/mol.